The van der Waals surface area contributed by atoms with E-state index >= 15 is 0 Å². The molecule has 2 aromatic rings. The molecule has 0 fully saturated rings. The van der Waals surface area contributed by atoms with Gasteiger partial charge in [-0.15, -0.1) is 0 Å². The Bertz CT molecular complexity index is 616. The molecule has 0 spiro atoms. The fraction of sp³-hybridized carbons (Fsp3) is 0.286. The van der Waals surface area contributed by atoms with Crippen molar-refractivity contribution in [3.8, 4) is 0 Å². The van der Waals surface area contributed by atoms with Crippen molar-refractivity contribution < 1.29 is 14.3 Å². The quantitative estimate of drug-likeness (QED) is 0.823. The van der Waals surface area contributed by atoms with Crippen LogP contribution in [0.25, 0.3) is 10.9 Å². The third kappa shape index (κ3) is 3.13. The van der Waals surface area contributed by atoms with Gasteiger partial charge in [0.1, 0.15) is 5.69 Å². The van der Waals surface area contributed by atoms with Crippen LogP contribution in [-0.2, 0) is 9.53 Å². The number of H-pyrrole nitrogens is 1. The summed E-state index contributed by atoms with van der Waals surface area (Å²) in [6, 6.07) is 7.74. The minimum atomic E-state index is -0.340. The van der Waals surface area contributed by atoms with Crippen LogP contribution in [0.5, 0.6) is 0 Å². The van der Waals surface area contributed by atoms with Crippen molar-refractivity contribution in [3.63, 3.8) is 0 Å². The number of methoxy groups -OCH3 is 1. The Hall–Kier alpha value is -2.30. The first-order valence-electron chi connectivity index (χ1n) is 6.04. The van der Waals surface area contributed by atoms with Crippen LogP contribution in [0.4, 0.5) is 0 Å². The highest BCUT2D eigenvalue weighted by Gasteiger charge is 2.09. The number of hydrogen-bond donors (Lipinski definition) is 2. The van der Waals surface area contributed by atoms with Crippen molar-refractivity contribution >= 4 is 22.8 Å². The summed E-state index contributed by atoms with van der Waals surface area (Å²) < 4.78 is 4.50. The van der Waals surface area contributed by atoms with E-state index in [-0.39, 0.29) is 24.8 Å². The third-order valence-corrected chi connectivity index (χ3v) is 2.86. The molecule has 100 valence electrons. The number of carbonyl (C=O) groups excluding carboxylic acids is 2. The molecule has 1 aromatic heterocycles. The Kier molecular flexibility index (Phi) is 3.85. The number of fused-ring (bicyclic) bond motifs is 1. The molecular formula is C14H16N2O3. The first-order valence-corrected chi connectivity index (χ1v) is 6.04. The van der Waals surface area contributed by atoms with Crippen LogP contribution in [0, 0.1) is 6.92 Å². The zero-order valence-electron chi connectivity index (χ0n) is 10.9. The number of amides is 1. The van der Waals surface area contributed by atoms with E-state index in [1.807, 2.05) is 25.1 Å². The predicted octanol–water partition coefficient (Wildman–Crippen LogP) is 1.77. The highest BCUT2D eigenvalue weighted by molar-refractivity contribution is 5.98. The smallest absolute Gasteiger partial charge is 0.307 e. The molecule has 0 atom stereocenters. The number of carbonyl (C=O) groups is 2. The van der Waals surface area contributed by atoms with Gasteiger partial charge >= 0.3 is 5.97 Å². The normalized spacial score (nSPS) is 10.4. The monoisotopic (exact) mass is 260 g/mol. The van der Waals surface area contributed by atoms with Crippen LogP contribution in [-0.4, -0.2) is 30.5 Å². The minimum Gasteiger partial charge on any atom is -0.469 e. The van der Waals surface area contributed by atoms with Crippen molar-refractivity contribution in [1.29, 1.82) is 0 Å². The van der Waals surface area contributed by atoms with Gasteiger partial charge in [-0.2, -0.15) is 0 Å². The van der Waals surface area contributed by atoms with Gasteiger partial charge in [0.05, 0.1) is 13.5 Å². The summed E-state index contributed by atoms with van der Waals surface area (Å²) >= 11 is 0. The zero-order chi connectivity index (χ0) is 13.8. The van der Waals surface area contributed by atoms with E-state index in [2.05, 4.69) is 15.0 Å². The molecule has 1 heterocycles. The Morgan fingerprint density at radius 2 is 2.11 bits per heavy atom. The van der Waals surface area contributed by atoms with Crippen molar-refractivity contribution in [2.45, 2.75) is 13.3 Å². The number of hydrogen-bond acceptors (Lipinski definition) is 3. The molecule has 1 aromatic carbocycles. The first-order chi connectivity index (χ1) is 9.10. The highest BCUT2D eigenvalue weighted by atomic mass is 16.5. The van der Waals surface area contributed by atoms with Gasteiger partial charge in [0, 0.05) is 17.4 Å². The van der Waals surface area contributed by atoms with E-state index < -0.39 is 0 Å². The number of aromatic amines is 1. The van der Waals surface area contributed by atoms with Crippen molar-refractivity contribution in [3.05, 3.63) is 35.5 Å². The number of ether oxygens (including phenoxy) is 1. The van der Waals surface area contributed by atoms with Gasteiger partial charge in [0.2, 0.25) is 0 Å². The molecule has 0 aliphatic heterocycles. The lowest BCUT2D eigenvalue weighted by Crippen LogP contribution is -2.26. The van der Waals surface area contributed by atoms with Crippen LogP contribution in [0.15, 0.2) is 24.3 Å². The largest absolute Gasteiger partial charge is 0.469 e. The predicted molar refractivity (Wildman–Crippen MR) is 72.0 cm³/mol. The number of benzene rings is 1. The van der Waals surface area contributed by atoms with Crippen LogP contribution >= 0.6 is 0 Å². The number of rotatable bonds is 4. The maximum absolute atomic E-state index is 11.9. The van der Waals surface area contributed by atoms with E-state index in [1.165, 1.54) is 7.11 Å². The lowest BCUT2D eigenvalue weighted by atomic mass is 10.2. The molecule has 5 nitrogen and oxygen atoms in total. The SMILES string of the molecule is COC(=O)CCNC(=O)c1cc2ccc(C)cc2[nH]1. The molecular weight excluding hydrogens is 244 g/mol. The number of nitrogens with one attached hydrogen (secondary N) is 2. The van der Waals surface area contributed by atoms with Gasteiger partial charge < -0.3 is 15.0 Å². The minimum absolute atomic E-state index is 0.168. The van der Waals surface area contributed by atoms with Gasteiger partial charge in [-0.3, -0.25) is 9.59 Å². The summed E-state index contributed by atoms with van der Waals surface area (Å²) in [5, 5.41) is 3.66. The second kappa shape index (κ2) is 5.56. The van der Waals surface area contributed by atoms with Crippen LogP contribution in [0.1, 0.15) is 22.5 Å². The maximum atomic E-state index is 11.9. The summed E-state index contributed by atoms with van der Waals surface area (Å²) in [5.41, 5.74) is 2.55. The van der Waals surface area contributed by atoms with Crippen LogP contribution in [0.3, 0.4) is 0 Å². The maximum Gasteiger partial charge on any atom is 0.307 e. The Morgan fingerprint density at radius 3 is 2.84 bits per heavy atom. The summed E-state index contributed by atoms with van der Waals surface area (Å²) in [6.45, 7) is 2.26. The average molecular weight is 260 g/mol. The standard InChI is InChI=1S/C14H16N2O3/c1-9-3-4-10-8-12(16-11(10)7-9)14(18)15-6-5-13(17)19-2/h3-4,7-8,16H,5-6H2,1-2H3,(H,15,18). The Balaban J connectivity index is 2.03. The van der Waals surface area contributed by atoms with E-state index in [1.54, 1.807) is 6.07 Å². The van der Waals surface area contributed by atoms with Gasteiger partial charge in [-0.1, -0.05) is 12.1 Å². The van der Waals surface area contributed by atoms with Gasteiger partial charge in [-0.05, 0) is 24.6 Å². The van der Waals surface area contributed by atoms with E-state index in [9.17, 15) is 9.59 Å². The summed E-state index contributed by atoms with van der Waals surface area (Å²) in [7, 11) is 1.32. The zero-order valence-corrected chi connectivity index (χ0v) is 10.9. The molecule has 2 N–H and O–H groups in total. The lowest BCUT2D eigenvalue weighted by molar-refractivity contribution is -0.140. The number of aromatic nitrogens is 1. The highest BCUT2D eigenvalue weighted by Crippen LogP contribution is 2.16. The molecule has 0 saturated carbocycles. The second-order valence-electron chi connectivity index (χ2n) is 4.36. The van der Waals surface area contributed by atoms with Crippen LogP contribution < -0.4 is 5.32 Å². The molecule has 0 unspecified atom stereocenters. The van der Waals surface area contributed by atoms with Crippen molar-refractivity contribution in [2.24, 2.45) is 0 Å². The van der Waals surface area contributed by atoms with E-state index in [0.29, 0.717) is 5.69 Å². The Labute approximate surface area is 110 Å². The van der Waals surface area contributed by atoms with Gasteiger partial charge in [0.15, 0.2) is 0 Å². The second-order valence-corrected chi connectivity index (χ2v) is 4.36. The third-order valence-electron chi connectivity index (χ3n) is 2.86. The molecule has 0 aliphatic carbocycles. The molecule has 0 radical (unpaired) electrons. The molecule has 0 aliphatic rings. The topological polar surface area (TPSA) is 71.2 Å². The Morgan fingerprint density at radius 1 is 1.32 bits per heavy atom. The van der Waals surface area contributed by atoms with E-state index in [4.69, 9.17) is 0 Å². The number of esters is 1. The molecule has 19 heavy (non-hydrogen) atoms. The molecule has 0 saturated heterocycles. The van der Waals surface area contributed by atoms with Gasteiger partial charge in [-0.25, -0.2) is 0 Å². The number of aryl methyl sites for hydroxylation is 1. The lowest BCUT2D eigenvalue weighted by Gasteiger charge is -2.02. The fourth-order valence-corrected chi connectivity index (χ4v) is 1.84. The molecule has 5 heteroatoms. The van der Waals surface area contributed by atoms with Crippen molar-refractivity contribution in [1.82, 2.24) is 10.3 Å². The van der Waals surface area contributed by atoms with E-state index in [0.717, 1.165) is 16.5 Å². The first kappa shape index (κ1) is 13.1. The molecule has 1 amide bonds. The fourth-order valence-electron chi connectivity index (χ4n) is 1.84. The molecule has 2 rings (SSSR count). The van der Waals surface area contributed by atoms with Gasteiger partial charge in [0.25, 0.3) is 5.91 Å². The summed E-state index contributed by atoms with van der Waals surface area (Å²) in [6.07, 6.45) is 0.168. The van der Waals surface area contributed by atoms with Crippen molar-refractivity contribution in [2.75, 3.05) is 13.7 Å². The average Bonchev–Trinajstić information content (AvgIpc) is 2.81. The molecule has 0 bridgehead atoms. The summed E-state index contributed by atoms with van der Waals surface area (Å²) in [4.78, 5) is 25.9. The van der Waals surface area contributed by atoms with Crippen LogP contribution in [0.2, 0.25) is 0 Å². The summed E-state index contributed by atoms with van der Waals surface area (Å²) in [5.74, 6) is -0.565.